The third-order valence-corrected chi connectivity index (χ3v) is 3.96. The summed E-state index contributed by atoms with van der Waals surface area (Å²) in [5.41, 5.74) is 0.297. The number of carbonyl (C=O) groups is 2. The number of aliphatic carboxylic acids is 1. The summed E-state index contributed by atoms with van der Waals surface area (Å²) in [5.74, 6) is -1.50. The summed E-state index contributed by atoms with van der Waals surface area (Å²) in [5, 5.41) is 11.7. The summed E-state index contributed by atoms with van der Waals surface area (Å²) in [6.07, 6.45) is 4.64. The van der Waals surface area contributed by atoms with Gasteiger partial charge < -0.3 is 10.4 Å². The number of carbonyl (C=O) groups excluding carboxylic acids is 1. The van der Waals surface area contributed by atoms with Gasteiger partial charge in [0.15, 0.2) is 0 Å². The van der Waals surface area contributed by atoms with E-state index in [1.807, 2.05) is 0 Å². The number of carboxylic acids is 1. The molecule has 0 bridgehead atoms. The van der Waals surface area contributed by atoms with Crippen LogP contribution in [0.4, 0.5) is 4.39 Å². The Morgan fingerprint density at radius 3 is 2.57 bits per heavy atom. The molecule has 114 valence electrons. The van der Waals surface area contributed by atoms with Crippen molar-refractivity contribution in [2.75, 3.05) is 0 Å². The fourth-order valence-electron chi connectivity index (χ4n) is 2.81. The van der Waals surface area contributed by atoms with E-state index in [2.05, 4.69) is 5.32 Å². The maximum atomic E-state index is 13.6. The minimum absolute atomic E-state index is 0.0432. The number of hydrogen-bond donors (Lipinski definition) is 2. The van der Waals surface area contributed by atoms with Crippen LogP contribution in [0.25, 0.3) is 0 Å². The summed E-state index contributed by atoms with van der Waals surface area (Å²) in [6, 6.07) is 4.93. The molecule has 5 heteroatoms. The molecule has 0 heterocycles. The molecule has 1 aromatic rings. The second-order valence-corrected chi connectivity index (χ2v) is 5.61. The Morgan fingerprint density at radius 1 is 1.29 bits per heavy atom. The lowest BCUT2D eigenvalue weighted by Crippen LogP contribution is -2.42. The van der Waals surface area contributed by atoms with Crippen molar-refractivity contribution in [1.29, 1.82) is 0 Å². The average molecular weight is 293 g/mol. The van der Waals surface area contributed by atoms with Crippen LogP contribution in [-0.4, -0.2) is 23.0 Å². The zero-order valence-corrected chi connectivity index (χ0v) is 11.8. The normalized spacial score (nSPS) is 16.6. The van der Waals surface area contributed by atoms with Crippen molar-refractivity contribution in [2.24, 2.45) is 5.92 Å². The molecule has 1 fully saturated rings. The highest BCUT2D eigenvalue weighted by Crippen LogP contribution is 2.27. The van der Waals surface area contributed by atoms with E-state index in [1.54, 1.807) is 12.1 Å². The lowest BCUT2D eigenvalue weighted by atomic mass is 10.0. The van der Waals surface area contributed by atoms with E-state index in [-0.39, 0.29) is 12.3 Å². The second kappa shape index (κ2) is 7.20. The number of benzene rings is 1. The van der Waals surface area contributed by atoms with E-state index in [0.29, 0.717) is 17.9 Å². The van der Waals surface area contributed by atoms with Crippen molar-refractivity contribution >= 4 is 11.9 Å². The molecule has 1 atom stereocenters. The van der Waals surface area contributed by atoms with Crippen molar-refractivity contribution in [3.05, 3.63) is 35.6 Å². The van der Waals surface area contributed by atoms with Crippen LogP contribution in [0.3, 0.4) is 0 Å². The van der Waals surface area contributed by atoms with Crippen LogP contribution >= 0.6 is 0 Å². The first-order chi connectivity index (χ1) is 10.1. The molecule has 1 aliphatic rings. The van der Waals surface area contributed by atoms with Gasteiger partial charge in [0.1, 0.15) is 11.9 Å². The molecule has 1 amide bonds. The fourth-order valence-corrected chi connectivity index (χ4v) is 2.81. The van der Waals surface area contributed by atoms with Crippen molar-refractivity contribution < 1.29 is 19.1 Å². The molecule has 0 unspecified atom stereocenters. The van der Waals surface area contributed by atoms with E-state index in [0.717, 1.165) is 25.7 Å². The van der Waals surface area contributed by atoms with Gasteiger partial charge in [-0.2, -0.15) is 0 Å². The van der Waals surface area contributed by atoms with Crippen LogP contribution in [0.2, 0.25) is 0 Å². The van der Waals surface area contributed by atoms with Gasteiger partial charge in [-0.1, -0.05) is 31.0 Å². The van der Waals surface area contributed by atoms with Crippen LogP contribution in [0.5, 0.6) is 0 Å². The number of amides is 1. The van der Waals surface area contributed by atoms with Crippen molar-refractivity contribution in [3.8, 4) is 0 Å². The molecule has 1 saturated carbocycles. The lowest BCUT2D eigenvalue weighted by Gasteiger charge is -2.16. The molecule has 0 saturated heterocycles. The van der Waals surface area contributed by atoms with Gasteiger partial charge in [-0.15, -0.1) is 0 Å². The van der Waals surface area contributed by atoms with E-state index in [9.17, 15) is 19.1 Å². The van der Waals surface area contributed by atoms with Gasteiger partial charge >= 0.3 is 5.97 Å². The molecule has 21 heavy (non-hydrogen) atoms. The Morgan fingerprint density at radius 2 is 1.95 bits per heavy atom. The molecule has 2 N–H and O–H groups in total. The minimum atomic E-state index is -1.14. The van der Waals surface area contributed by atoms with Crippen molar-refractivity contribution in [2.45, 2.75) is 44.6 Å². The fraction of sp³-hybridized carbons (Fsp3) is 0.500. The predicted molar refractivity (Wildman–Crippen MR) is 76.2 cm³/mol. The Hall–Kier alpha value is -1.91. The van der Waals surface area contributed by atoms with Gasteiger partial charge in [0.2, 0.25) is 5.91 Å². The van der Waals surface area contributed by atoms with Crippen LogP contribution in [0, 0.1) is 11.7 Å². The van der Waals surface area contributed by atoms with Crippen molar-refractivity contribution in [3.63, 3.8) is 0 Å². The van der Waals surface area contributed by atoms with Crippen LogP contribution in [0.1, 0.15) is 37.7 Å². The van der Waals surface area contributed by atoms with Gasteiger partial charge in [0.25, 0.3) is 0 Å². The molecule has 0 aliphatic heterocycles. The largest absolute Gasteiger partial charge is 0.480 e. The third kappa shape index (κ3) is 4.55. The molecule has 0 aromatic heterocycles. The standard InChI is InChI=1S/C16H20FNO3/c17-13-8-4-3-7-12(13)10-14(16(20)21)18-15(19)9-11-5-1-2-6-11/h3-4,7-8,11,14H,1-2,5-6,9-10H2,(H,18,19)(H,20,21)/t14-/m0/s1. The Kier molecular flexibility index (Phi) is 5.31. The maximum Gasteiger partial charge on any atom is 0.326 e. The van der Waals surface area contributed by atoms with E-state index in [4.69, 9.17) is 0 Å². The Balaban J connectivity index is 1.94. The lowest BCUT2D eigenvalue weighted by molar-refractivity contribution is -0.141. The number of hydrogen-bond acceptors (Lipinski definition) is 2. The molecule has 0 radical (unpaired) electrons. The molecule has 2 rings (SSSR count). The van der Waals surface area contributed by atoms with E-state index in [1.165, 1.54) is 12.1 Å². The molecule has 4 nitrogen and oxygen atoms in total. The Labute approximate surface area is 123 Å². The highest BCUT2D eigenvalue weighted by atomic mass is 19.1. The van der Waals surface area contributed by atoms with Gasteiger partial charge in [0.05, 0.1) is 0 Å². The van der Waals surface area contributed by atoms with Crippen LogP contribution in [0.15, 0.2) is 24.3 Å². The smallest absolute Gasteiger partial charge is 0.326 e. The summed E-state index contributed by atoms with van der Waals surface area (Å²) in [7, 11) is 0. The number of carboxylic acid groups (broad SMARTS) is 1. The van der Waals surface area contributed by atoms with Gasteiger partial charge in [-0.3, -0.25) is 4.79 Å². The SMILES string of the molecule is O=C(CC1CCCC1)N[C@@H](Cc1ccccc1F)C(=O)O. The monoisotopic (exact) mass is 293 g/mol. The summed E-state index contributed by atoms with van der Waals surface area (Å²) in [6.45, 7) is 0. The molecule has 0 spiro atoms. The highest BCUT2D eigenvalue weighted by Gasteiger charge is 2.24. The van der Waals surface area contributed by atoms with E-state index >= 15 is 0 Å². The molecule has 1 aromatic carbocycles. The number of nitrogens with one attached hydrogen (secondary N) is 1. The topological polar surface area (TPSA) is 66.4 Å². The third-order valence-electron chi connectivity index (χ3n) is 3.96. The van der Waals surface area contributed by atoms with Gasteiger partial charge in [0, 0.05) is 12.8 Å². The van der Waals surface area contributed by atoms with Gasteiger partial charge in [-0.05, 0) is 30.4 Å². The molecular weight excluding hydrogens is 273 g/mol. The number of rotatable bonds is 6. The quantitative estimate of drug-likeness (QED) is 0.847. The van der Waals surface area contributed by atoms with Crippen molar-refractivity contribution in [1.82, 2.24) is 5.32 Å². The van der Waals surface area contributed by atoms with E-state index < -0.39 is 17.8 Å². The first-order valence-electron chi connectivity index (χ1n) is 7.32. The minimum Gasteiger partial charge on any atom is -0.480 e. The predicted octanol–water partition coefficient (Wildman–Crippen LogP) is 2.52. The highest BCUT2D eigenvalue weighted by molar-refractivity contribution is 5.83. The number of halogens is 1. The summed E-state index contributed by atoms with van der Waals surface area (Å²) >= 11 is 0. The van der Waals surface area contributed by atoms with Crippen LogP contribution in [-0.2, 0) is 16.0 Å². The van der Waals surface area contributed by atoms with Crippen LogP contribution < -0.4 is 5.32 Å². The first-order valence-corrected chi connectivity index (χ1v) is 7.32. The average Bonchev–Trinajstić information content (AvgIpc) is 2.93. The summed E-state index contributed by atoms with van der Waals surface area (Å²) < 4.78 is 13.6. The molecular formula is C16H20FNO3. The maximum absolute atomic E-state index is 13.6. The first kappa shape index (κ1) is 15.5. The van der Waals surface area contributed by atoms with Gasteiger partial charge in [-0.25, -0.2) is 9.18 Å². The Bertz CT molecular complexity index is 512. The second-order valence-electron chi connectivity index (χ2n) is 5.61. The molecule has 1 aliphatic carbocycles. The zero-order chi connectivity index (χ0) is 15.2. The zero-order valence-electron chi connectivity index (χ0n) is 11.8. The summed E-state index contributed by atoms with van der Waals surface area (Å²) in [4.78, 5) is 23.2.